The van der Waals surface area contributed by atoms with Gasteiger partial charge in [-0.25, -0.2) is 4.98 Å². The quantitative estimate of drug-likeness (QED) is 0.787. The molecule has 0 fully saturated rings. The molecule has 0 spiro atoms. The lowest BCUT2D eigenvalue weighted by Gasteiger charge is -2.13. The third-order valence-electron chi connectivity index (χ3n) is 2.63. The van der Waals surface area contributed by atoms with Crippen LogP contribution in [-0.4, -0.2) is 26.3 Å². The Morgan fingerprint density at radius 2 is 1.75 bits per heavy atom. The minimum absolute atomic E-state index is 0.548. The molecule has 0 bridgehead atoms. The zero-order valence-electron chi connectivity index (χ0n) is 11.2. The second-order valence-corrected chi connectivity index (χ2v) is 5.45. The maximum atomic E-state index is 5.42. The van der Waals surface area contributed by atoms with Crippen LogP contribution in [0.2, 0.25) is 0 Å². The second kappa shape index (κ2) is 6.16. The van der Waals surface area contributed by atoms with Crippen LogP contribution in [0.15, 0.2) is 16.7 Å². The predicted octanol–water partition coefficient (Wildman–Crippen LogP) is 3.58. The number of methoxy groups -OCH3 is 3. The van der Waals surface area contributed by atoms with Crippen molar-refractivity contribution in [2.24, 2.45) is 0 Å². The van der Waals surface area contributed by atoms with Gasteiger partial charge >= 0.3 is 0 Å². The summed E-state index contributed by atoms with van der Waals surface area (Å²) in [5.74, 6) is 4.29. The number of hydrogen-bond donors (Lipinski definition) is 0. The van der Waals surface area contributed by atoms with Gasteiger partial charge in [-0.1, -0.05) is 5.92 Å². The van der Waals surface area contributed by atoms with Gasteiger partial charge < -0.3 is 14.2 Å². The molecule has 0 radical (unpaired) electrons. The molecule has 1 aromatic carbocycles. The van der Waals surface area contributed by atoms with Crippen molar-refractivity contribution in [1.82, 2.24) is 4.98 Å². The summed E-state index contributed by atoms with van der Waals surface area (Å²) < 4.78 is 16.6. The van der Waals surface area contributed by atoms with Crippen LogP contribution >= 0.6 is 27.3 Å². The lowest BCUT2D eigenvalue weighted by molar-refractivity contribution is 0.324. The Morgan fingerprint density at radius 3 is 2.15 bits per heavy atom. The molecule has 0 aliphatic carbocycles. The first-order chi connectivity index (χ1) is 9.64. The maximum Gasteiger partial charge on any atom is 0.203 e. The highest BCUT2D eigenvalue weighted by Crippen LogP contribution is 2.42. The summed E-state index contributed by atoms with van der Waals surface area (Å²) in [6.07, 6.45) is 5.42. The van der Waals surface area contributed by atoms with E-state index in [1.54, 1.807) is 21.3 Å². The predicted molar refractivity (Wildman–Crippen MR) is 82.8 cm³/mol. The molecule has 0 aliphatic heterocycles. The highest BCUT2D eigenvalue weighted by molar-refractivity contribution is 9.10. The van der Waals surface area contributed by atoms with Crippen LogP contribution in [0.25, 0.3) is 10.6 Å². The fourth-order valence-electron chi connectivity index (χ4n) is 1.72. The fraction of sp³-hybridized carbons (Fsp3) is 0.214. The summed E-state index contributed by atoms with van der Waals surface area (Å²) in [5, 5.41) is 0.782. The Hall–Kier alpha value is -1.71. The van der Waals surface area contributed by atoms with Crippen LogP contribution in [-0.2, 0) is 0 Å². The fourth-order valence-corrected chi connectivity index (χ4v) is 3.13. The van der Waals surface area contributed by atoms with E-state index in [-0.39, 0.29) is 0 Å². The molecule has 0 aliphatic rings. The number of thiazole rings is 1. The van der Waals surface area contributed by atoms with E-state index in [1.807, 2.05) is 12.1 Å². The first kappa shape index (κ1) is 14.7. The molecule has 0 unspecified atom stereocenters. The van der Waals surface area contributed by atoms with Crippen molar-refractivity contribution in [3.8, 4) is 40.2 Å². The highest BCUT2D eigenvalue weighted by Gasteiger charge is 2.16. The van der Waals surface area contributed by atoms with Crippen LogP contribution in [0, 0.1) is 12.3 Å². The number of nitrogens with zero attached hydrogens (tertiary/aromatic N) is 1. The summed E-state index contributed by atoms with van der Waals surface area (Å²) in [6.45, 7) is 0. The lowest BCUT2D eigenvalue weighted by Crippen LogP contribution is -1.95. The number of aromatic nitrogens is 1. The van der Waals surface area contributed by atoms with Crippen molar-refractivity contribution in [1.29, 1.82) is 0 Å². The Kier molecular flexibility index (Phi) is 4.53. The molecule has 0 atom stereocenters. The first-order valence-corrected chi connectivity index (χ1v) is 7.18. The number of rotatable bonds is 4. The topological polar surface area (TPSA) is 40.6 Å². The molecule has 0 N–H and O–H groups in total. The third-order valence-corrected chi connectivity index (χ3v) is 4.50. The molecule has 1 heterocycles. The number of terminal acetylenes is 1. The molecule has 0 amide bonds. The van der Waals surface area contributed by atoms with Crippen LogP contribution in [0.3, 0.4) is 0 Å². The van der Waals surface area contributed by atoms with E-state index < -0.39 is 0 Å². The van der Waals surface area contributed by atoms with Crippen molar-refractivity contribution in [3.63, 3.8) is 0 Å². The van der Waals surface area contributed by atoms with Crippen molar-refractivity contribution in [3.05, 3.63) is 21.6 Å². The van der Waals surface area contributed by atoms with Crippen molar-refractivity contribution >= 4 is 27.3 Å². The molecule has 2 rings (SSSR count). The van der Waals surface area contributed by atoms with Gasteiger partial charge in [-0.15, -0.1) is 17.8 Å². The highest BCUT2D eigenvalue weighted by atomic mass is 79.9. The van der Waals surface area contributed by atoms with Gasteiger partial charge in [0, 0.05) is 5.56 Å². The van der Waals surface area contributed by atoms with Crippen LogP contribution < -0.4 is 14.2 Å². The minimum atomic E-state index is 0.548. The SMILES string of the molecule is C#Cc1sc(-c2cc(OC)c(OC)c(OC)c2)nc1Br. The Balaban J connectivity index is 2.59. The number of benzene rings is 1. The molecule has 2 aromatic rings. The van der Waals surface area contributed by atoms with E-state index in [1.165, 1.54) is 11.3 Å². The monoisotopic (exact) mass is 353 g/mol. The molecule has 1 aromatic heterocycles. The van der Waals surface area contributed by atoms with Crippen molar-refractivity contribution in [2.75, 3.05) is 21.3 Å². The standard InChI is InChI=1S/C14H12BrNO3S/c1-5-11-13(15)16-14(20-11)8-6-9(17-2)12(19-4)10(7-8)18-3/h1,6-7H,2-4H3. The number of halogens is 1. The van der Waals surface area contributed by atoms with E-state index in [9.17, 15) is 0 Å². The largest absolute Gasteiger partial charge is 0.493 e. The lowest BCUT2D eigenvalue weighted by atomic mass is 10.2. The zero-order chi connectivity index (χ0) is 14.7. The van der Waals surface area contributed by atoms with E-state index in [0.717, 1.165) is 15.4 Å². The van der Waals surface area contributed by atoms with Gasteiger partial charge in [0.15, 0.2) is 11.5 Å². The van der Waals surface area contributed by atoms with Crippen LogP contribution in [0.5, 0.6) is 17.2 Å². The summed E-state index contributed by atoms with van der Waals surface area (Å²) in [4.78, 5) is 5.14. The summed E-state index contributed by atoms with van der Waals surface area (Å²) >= 11 is 4.76. The molecule has 4 nitrogen and oxygen atoms in total. The van der Waals surface area contributed by atoms with E-state index in [4.69, 9.17) is 20.6 Å². The number of hydrogen-bond acceptors (Lipinski definition) is 5. The second-order valence-electron chi connectivity index (χ2n) is 3.70. The summed E-state index contributed by atoms with van der Waals surface area (Å²) in [5.41, 5.74) is 0.853. The molecular weight excluding hydrogens is 342 g/mol. The first-order valence-electron chi connectivity index (χ1n) is 5.57. The van der Waals surface area contributed by atoms with Gasteiger partial charge in [0.05, 0.1) is 21.3 Å². The average Bonchev–Trinajstić information content (AvgIpc) is 2.86. The molecule has 6 heteroatoms. The molecule has 104 valence electrons. The molecule has 0 saturated carbocycles. The smallest absolute Gasteiger partial charge is 0.203 e. The van der Waals surface area contributed by atoms with Crippen LogP contribution in [0.1, 0.15) is 4.88 Å². The number of ether oxygens (including phenoxy) is 3. The van der Waals surface area contributed by atoms with Crippen molar-refractivity contribution in [2.45, 2.75) is 0 Å². The maximum absolute atomic E-state index is 5.42. The zero-order valence-corrected chi connectivity index (χ0v) is 13.6. The third kappa shape index (κ3) is 2.60. The Bertz CT molecular complexity index is 651. The van der Waals surface area contributed by atoms with E-state index in [0.29, 0.717) is 21.9 Å². The van der Waals surface area contributed by atoms with E-state index >= 15 is 0 Å². The minimum Gasteiger partial charge on any atom is -0.493 e. The van der Waals surface area contributed by atoms with Gasteiger partial charge in [0.1, 0.15) is 14.5 Å². The Morgan fingerprint density at radius 1 is 1.15 bits per heavy atom. The van der Waals surface area contributed by atoms with Gasteiger partial charge in [0.2, 0.25) is 5.75 Å². The summed E-state index contributed by atoms with van der Waals surface area (Å²) in [7, 11) is 4.72. The van der Waals surface area contributed by atoms with Crippen molar-refractivity contribution < 1.29 is 14.2 Å². The van der Waals surface area contributed by atoms with Crippen LogP contribution in [0.4, 0.5) is 0 Å². The average molecular weight is 354 g/mol. The van der Waals surface area contributed by atoms with Gasteiger partial charge in [-0.05, 0) is 28.1 Å². The summed E-state index contributed by atoms with van der Waals surface area (Å²) in [6, 6.07) is 3.68. The molecular formula is C14H12BrNO3S. The molecule has 0 saturated heterocycles. The Labute approximate surface area is 129 Å². The van der Waals surface area contributed by atoms with Gasteiger partial charge in [-0.3, -0.25) is 0 Å². The van der Waals surface area contributed by atoms with E-state index in [2.05, 4.69) is 26.8 Å². The van der Waals surface area contributed by atoms with Gasteiger partial charge in [-0.2, -0.15) is 0 Å². The molecule has 20 heavy (non-hydrogen) atoms. The van der Waals surface area contributed by atoms with Gasteiger partial charge in [0.25, 0.3) is 0 Å². The normalized spacial score (nSPS) is 9.95.